The van der Waals surface area contributed by atoms with Gasteiger partial charge >= 0.3 is 5.97 Å². The molecule has 0 aliphatic heterocycles. The van der Waals surface area contributed by atoms with Gasteiger partial charge < -0.3 is 10.5 Å². The number of carbonyl (C=O) groups excluding carboxylic acids is 1. The van der Waals surface area contributed by atoms with E-state index in [-0.39, 0.29) is 30.0 Å². The Hall–Kier alpha value is -1.44. The van der Waals surface area contributed by atoms with Crippen LogP contribution in [-0.4, -0.2) is 33.6 Å². The third kappa shape index (κ3) is 5.11. The van der Waals surface area contributed by atoms with Crippen molar-refractivity contribution in [2.24, 2.45) is 11.7 Å². The summed E-state index contributed by atoms with van der Waals surface area (Å²) >= 11 is 0. The molecule has 0 saturated carbocycles. The molecule has 1 rings (SSSR count). The molecule has 1 aromatic carbocycles. The smallest absolute Gasteiger partial charge is 0.338 e. The molecule has 6 nitrogen and oxygen atoms in total. The molecule has 1 unspecified atom stereocenters. The minimum Gasteiger partial charge on any atom is -0.462 e. The average molecular weight is 314 g/mol. The van der Waals surface area contributed by atoms with Crippen LogP contribution in [0.3, 0.4) is 0 Å². The van der Waals surface area contributed by atoms with Crippen molar-refractivity contribution in [2.45, 2.75) is 31.7 Å². The number of nitrogens with two attached hydrogens (primary N) is 1. The zero-order chi connectivity index (χ0) is 16.0. The van der Waals surface area contributed by atoms with Gasteiger partial charge in [0.1, 0.15) is 0 Å². The lowest BCUT2D eigenvalue weighted by atomic mass is 10.1. The van der Waals surface area contributed by atoms with Crippen molar-refractivity contribution in [3.8, 4) is 0 Å². The summed E-state index contributed by atoms with van der Waals surface area (Å²) in [6, 6.07) is 5.34. The van der Waals surface area contributed by atoms with Crippen LogP contribution in [-0.2, 0) is 14.8 Å². The molecule has 1 aromatic rings. The Kier molecular flexibility index (Phi) is 6.32. The van der Waals surface area contributed by atoms with Crippen LogP contribution in [0.2, 0.25) is 0 Å². The molecule has 0 aromatic heterocycles. The zero-order valence-corrected chi connectivity index (χ0v) is 13.3. The van der Waals surface area contributed by atoms with E-state index in [0.717, 1.165) is 0 Å². The largest absolute Gasteiger partial charge is 0.462 e. The fourth-order valence-corrected chi connectivity index (χ4v) is 2.58. The van der Waals surface area contributed by atoms with E-state index in [9.17, 15) is 13.2 Å². The Morgan fingerprint density at radius 2 is 1.86 bits per heavy atom. The first-order chi connectivity index (χ1) is 9.77. The van der Waals surface area contributed by atoms with Crippen LogP contribution in [0.4, 0.5) is 0 Å². The first-order valence-electron chi connectivity index (χ1n) is 6.80. The van der Waals surface area contributed by atoms with E-state index in [1.807, 2.05) is 13.8 Å². The normalized spacial score (nSPS) is 13.2. The molecule has 0 aliphatic rings. The third-order valence-electron chi connectivity index (χ3n) is 3.04. The second-order valence-corrected chi connectivity index (χ2v) is 6.77. The van der Waals surface area contributed by atoms with E-state index in [2.05, 4.69) is 4.72 Å². The Bertz CT molecular complexity index is 567. The molecule has 0 bridgehead atoms. The average Bonchev–Trinajstić information content (AvgIpc) is 2.45. The first kappa shape index (κ1) is 17.6. The maximum Gasteiger partial charge on any atom is 0.338 e. The summed E-state index contributed by atoms with van der Waals surface area (Å²) in [7, 11) is -3.63. The fourth-order valence-electron chi connectivity index (χ4n) is 1.51. The van der Waals surface area contributed by atoms with Gasteiger partial charge in [0.15, 0.2) is 0 Å². The summed E-state index contributed by atoms with van der Waals surface area (Å²) in [5.41, 5.74) is 6.13. The Morgan fingerprint density at radius 3 is 2.33 bits per heavy atom. The predicted octanol–water partition coefficient (Wildman–Crippen LogP) is 1.12. The van der Waals surface area contributed by atoms with Crippen molar-refractivity contribution >= 4 is 16.0 Å². The summed E-state index contributed by atoms with van der Waals surface area (Å²) < 4.78 is 31.5. The van der Waals surface area contributed by atoms with E-state index in [4.69, 9.17) is 10.5 Å². The summed E-state index contributed by atoms with van der Waals surface area (Å²) in [4.78, 5) is 11.6. The third-order valence-corrected chi connectivity index (χ3v) is 4.48. The highest BCUT2D eigenvalue weighted by atomic mass is 32.2. The molecule has 0 spiro atoms. The van der Waals surface area contributed by atoms with Gasteiger partial charge in [0.25, 0.3) is 0 Å². The lowest BCUT2D eigenvalue weighted by Gasteiger charge is -2.16. The molecule has 3 N–H and O–H groups in total. The van der Waals surface area contributed by atoms with Crippen LogP contribution < -0.4 is 10.5 Å². The van der Waals surface area contributed by atoms with Crippen LogP contribution in [0.25, 0.3) is 0 Å². The van der Waals surface area contributed by atoms with Crippen LogP contribution >= 0.6 is 0 Å². The summed E-state index contributed by atoms with van der Waals surface area (Å²) in [6.07, 6.45) is 0. The molecule has 0 radical (unpaired) electrons. The molecular formula is C14H22N2O4S. The van der Waals surface area contributed by atoms with Gasteiger partial charge in [-0.15, -0.1) is 0 Å². The van der Waals surface area contributed by atoms with Crippen LogP contribution in [0.15, 0.2) is 29.2 Å². The number of carbonyl (C=O) groups is 1. The van der Waals surface area contributed by atoms with Crippen molar-refractivity contribution in [1.82, 2.24) is 4.72 Å². The Labute approximate surface area is 125 Å². The second-order valence-electron chi connectivity index (χ2n) is 5.00. The maximum absolute atomic E-state index is 12.1. The number of rotatable bonds is 7. The minimum absolute atomic E-state index is 0.0894. The molecule has 0 aliphatic carbocycles. The van der Waals surface area contributed by atoms with Gasteiger partial charge in [0.2, 0.25) is 10.0 Å². The monoisotopic (exact) mass is 314 g/mol. The maximum atomic E-state index is 12.1. The van der Waals surface area contributed by atoms with Gasteiger partial charge in [-0.25, -0.2) is 17.9 Å². The van der Waals surface area contributed by atoms with Gasteiger partial charge in [-0.05, 0) is 37.1 Å². The highest BCUT2D eigenvalue weighted by Gasteiger charge is 2.17. The standard InChI is InChI=1S/C14H22N2O4S/c1-4-20-14(17)11-5-7-12(8-6-11)21(18,19)16-9-13(15)10(2)3/h5-8,10,13,16H,4,9,15H2,1-3H3. The number of hydrogen-bond acceptors (Lipinski definition) is 5. The molecule has 0 amide bonds. The summed E-state index contributed by atoms with van der Waals surface area (Å²) in [5.74, 6) is -0.296. The zero-order valence-electron chi connectivity index (χ0n) is 12.5. The van der Waals surface area contributed by atoms with E-state index in [1.54, 1.807) is 6.92 Å². The number of sulfonamides is 1. The molecular weight excluding hydrogens is 292 g/mol. The number of ether oxygens (including phenoxy) is 1. The number of esters is 1. The number of nitrogens with one attached hydrogen (secondary N) is 1. The second kappa shape index (κ2) is 7.53. The Morgan fingerprint density at radius 1 is 1.29 bits per heavy atom. The summed E-state index contributed by atoms with van der Waals surface area (Å²) in [6.45, 7) is 5.99. The molecule has 7 heteroatoms. The van der Waals surface area contributed by atoms with Crippen LogP contribution in [0, 0.1) is 5.92 Å². The molecule has 0 heterocycles. The van der Waals surface area contributed by atoms with Crippen molar-refractivity contribution in [3.63, 3.8) is 0 Å². The molecule has 118 valence electrons. The van der Waals surface area contributed by atoms with E-state index in [0.29, 0.717) is 5.56 Å². The lowest BCUT2D eigenvalue weighted by molar-refractivity contribution is 0.0526. The van der Waals surface area contributed by atoms with E-state index >= 15 is 0 Å². The minimum atomic E-state index is -3.63. The quantitative estimate of drug-likeness (QED) is 0.735. The van der Waals surface area contributed by atoms with Gasteiger partial charge in [-0.1, -0.05) is 13.8 Å². The van der Waals surface area contributed by atoms with Crippen molar-refractivity contribution in [1.29, 1.82) is 0 Å². The van der Waals surface area contributed by atoms with Crippen LogP contribution in [0.1, 0.15) is 31.1 Å². The molecule has 1 atom stereocenters. The van der Waals surface area contributed by atoms with E-state index in [1.165, 1.54) is 24.3 Å². The molecule has 0 saturated heterocycles. The first-order valence-corrected chi connectivity index (χ1v) is 8.28. The summed E-state index contributed by atoms with van der Waals surface area (Å²) in [5, 5.41) is 0. The van der Waals surface area contributed by atoms with Gasteiger partial charge in [0.05, 0.1) is 17.1 Å². The van der Waals surface area contributed by atoms with Gasteiger partial charge in [-0.3, -0.25) is 0 Å². The predicted molar refractivity (Wildman–Crippen MR) is 80.4 cm³/mol. The van der Waals surface area contributed by atoms with Crippen LogP contribution in [0.5, 0.6) is 0 Å². The SMILES string of the molecule is CCOC(=O)c1ccc(S(=O)(=O)NCC(N)C(C)C)cc1. The topological polar surface area (TPSA) is 98.5 Å². The highest BCUT2D eigenvalue weighted by molar-refractivity contribution is 7.89. The fraction of sp³-hybridized carbons (Fsp3) is 0.500. The lowest BCUT2D eigenvalue weighted by Crippen LogP contribution is -2.40. The molecule has 0 fully saturated rings. The Balaban J connectivity index is 2.78. The number of benzene rings is 1. The van der Waals surface area contributed by atoms with Gasteiger partial charge in [0, 0.05) is 12.6 Å². The number of hydrogen-bond donors (Lipinski definition) is 2. The van der Waals surface area contributed by atoms with E-state index < -0.39 is 16.0 Å². The van der Waals surface area contributed by atoms with Crippen molar-refractivity contribution in [2.75, 3.05) is 13.2 Å². The molecule has 21 heavy (non-hydrogen) atoms. The van der Waals surface area contributed by atoms with Crippen molar-refractivity contribution in [3.05, 3.63) is 29.8 Å². The highest BCUT2D eigenvalue weighted by Crippen LogP contribution is 2.11. The van der Waals surface area contributed by atoms with Gasteiger partial charge in [-0.2, -0.15) is 0 Å². The van der Waals surface area contributed by atoms with Crippen molar-refractivity contribution < 1.29 is 17.9 Å².